The Kier molecular flexibility index (Phi) is 6.76. The summed E-state index contributed by atoms with van der Waals surface area (Å²) in [6.45, 7) is 9.07. The van der Waals surface area contributed by atoms with Gasteiger partial charge in [-0.05, 0) is 63.1 Å². The summed E-state index contributed by atoms with van der Waals surface area (Å²) < 4.78 is 5.84. The average Bonchev–Trinajstić information content (AvgIpc) is 3.16. The molecule has 2 fully saturated rings. The second-order valence-electron chi connectivity index (χ2n) is 8.41. The van der Waals surface area contributed by atoms with Crippen LogP contribution in [0.15, 0.2) is 12.1 Å². The van der Waals surface area contributed by atoms with E-state index in [9.17, 15) is 4.79 Å². The lowest BCUT2D eigenvalue weighted by atomic mass is 9.93. The number of piperidine rings is 1. The Hall–Kier alpha value is -1.47. The van der Waals surface area contributed by atoms with Crippen LogP contribution >= 0.6 is 0 Å². The quantitative estimate of drug-likeness (QED) is 0.757. The number of rotatable bonds is 6. The van der Waals surface area contributed by atoms with Gasteiger partial charge < -0.3 is 20.2 Å². The third-order valence-electron chi connectivity index (χ3n) is 6.26. The highest BCUT2D eigenvalue weighted by molar-refractivity contribution is 5.80. The molecular formula is C22H35N3O3. The van der Waals surface area contributed by atoms with Gasteiger partial charge in [0.25, 0.3) is 0 Å². The number of hydrogen-bond acceptors (Lipinski definition) is 5. The highest BCUT2D eigenvalue weighted by atomic mass is 16.7. The maximum Gasteiger partial charge on any atom is 0.228 e. The minimum Gasteiger partial charge on any atom is -0.376 e. The zero-order valence-corrected chi connectivity index (χ0v) is 17.8. The van der Waals surface area contributed by atoms with Gasteiger partial charge in [0, 0.05) is 26.2 Å². The number of carbonyl (C=O) groups is 1. The van der Waals surface area contributed by atoms with Crippen LogP contribution in [-0.2, 0) is 20.8 Å². The molecule has 1 atom stereocenters. The number of aryl methyl sites for hydroxylation is 3. The van der Waals surface area contributed by atoms with Crippen molar-refractivity contribution in [2.45, 2.75) is 64.6 Å². The van der Waals surface area contributed by atoms with Gasteiger partial charge in [0.15, 0.2) is 0 Å². The van der Waals surface area contributed by atoms with E-state index in [0.29, 0.717) is 25.8 Å². The average molecular weight is 390 g/mol. The summed E-state index contributed by atoms with van der Waals surface area (Å²) in [7, 11) is 1.68. The third-order valence-corrected chi connectivity index (χ3v) is 6.26. The number of ether oxygens (including phenoxy) is 1. The summed E-state index contributed by atoms with van der Waals surface area (Å²) in [5.74, 6) is 0.0962. The van der Waals surface area contributed by atoms with Crippen LogP contribution < -0.4 is 5.73 Å². The predicted octanol–water partition coefficient (Wildman–Crippen LogP) is 2.47. The molecule has 2 aliphatic heterocycles. The fourth-order valence-corrected chi connectivity index (χ4v) is 4.59. The van der Waals surface area contributed by atoms with E-state index in [1.54, 1.807) is 7.11 Å². The summed E-state index contributed by atoms with van der Waals surface area (Å²) in [4.78, 5) is 20.7. The maximum atomic E-state index is 13.5. The molecule has 1 amide bonds. The van der Waals surface area contributed by atoms with Gasteiger partial charge in [-0.1, -0.05) is 17.7 Å². The van der Waals surface area contributed by atoms with Crippen molar-refractivity contribution in [1.29, 1.82) is 0 Å². The standard InChI is InChI=1S/C22H35N3O3/c1-16-12-17(2)20(18(3)13-16)14-21(26)25(15-19-6-5-11-28-19)22(23)7-9-24(27-4)10-8-22/h12-13,19H,5-11,14-15,23H2,1-4H3. The number of carbonyl (C=O) groups excluding carboxylic acids is 1. The van der Waals surface area contributed by atoms with Crippen molar-refractivity contribution < 1.29 is 14.4 Å². The first-order valence-electron chi connectivity index (χ1n) is 10.4. The molecule has 1 aromatic carbocycles. The number of hydroxylamine groups is 2. The third kappa shape index (κ3) is 4.74. The monoisotopic (exact) mass is 389 g/mol. The molecule has 156 valence electrons. The van der Waals surface area contributed by atoms with Gasteiger partial charge in [0.1, 0.15) is 0 Å². The molecule has 1 aromatic rings. The molecule has 0 radical (unpaired) electrons. The minimum absolute atomic E-state index is 0.0880. The molecule has 3 rings (SSSR count). The predicted molar refractivity (Wildman–Crippen MR) is 110 cm³/mol. The Bertz CT molecular complexity index is 669. The van der Waals surface area contributed by atoms with E-state index in [0.717, 1.165) is 38.1 Å². The van der Waals surface area contributed by atoms with Gasteiger partial charge in [-0.2, -0.15) is 5.06 Å². The molecule has 6 nitrogen and oxygen atoms in total. The van der Waals surface area contributed by atoms with Crippen molar-refractivity contribution in [3.8, 4) is 0 Å². The molecule has 28 heavy (non-hydrogen) atoms. The Morgan fingerprint density at radius 2 is 1.93 bits per heavy atom. The van der Waals surface area contributed by atoms with Crippen molar-refractivity contribution >= 4 is 5.91 Å². The molecule has 1 unspecified atom stereocenters. The summed E-state index contributed by atoms with van der Waals surface area (Å²) in [6.07, 6.45) is 3.92. The van der Waals surface area contributed by atoms with Crippen LogP contribution in [0, 0.1) is 20.8 Å². The SMILES string of the molecule is CON1CCC(N)(N(CC2CCCO2)C(=O)Cc2c(C)cc(C)cc2C)CC1. The molecule has 0 saturated carbocycles. The molecule has 2 saturated heterocycles. The second-order valence-corrected chi connectivity index (χ2v) is 8.41. The van der Waals surface area contributed by atoms with Crippen LogP contribution in [0.25, 0.3) is 0 Å². The lowest BCUT2D eigenvalue weighted by Gasteiger charge is -2.46. The van der Waals surface area contributed by atoms with E-state index < -0.39 is 5.66 Å². The van der Waals surface area contributed by atoms with Crippen molar-refractivity contribution in [3.05, 3.63) is 34.4 Å². The smallest absolute Gasteiger partial charge is 0.228 e. The van der Waals surface area contributed by atoms with Crippen molar-refractivity contribution in [1.82, 2.24) is 9.96 Å². The largest absolute Gasteiger partial charge is 0.376 e. The van der Waals surface area contributed by atoms with E-state index in [2.05, 4.69) is 32.9 Å². The van der Waals surface area contributed by atoms with Crippen molar-refractivity contribution in [3.63, 3.8) is 0 Å². The van der Waals surface area contributed by atoms with Crippen LogP contribution in [-0.4, -0.2) is 61.0 Å². The zero-order valence-electron chi connectivity index (χ0n) is 17.8. The molecular weight excluding hydrogens is 354 g/mol. The Labute approximate surface area is 168 Å². The number of nitrogens with two attached hydrogens (primary N) is 1. The maximum absolute atomic E-state index is 13.5. The first-order valence-corrected chi connectivity index (χ1v) is 10.4. The molecule has 6 heteroatoms. The highest BCUT2D eigenvalue weighted by Crippen LogP contribution is 2.28. The van der Waals surface area contributed by atoms with Crippen LogP contribution in [0.4, 0.5) is 0 Å². The fourth-order valence-electron chi connectivity index (χ4n) is 4.59. The van der Waals surface area contributed by atoms with Gasteiger partial charge in [-0.15, -0.1) is 0 Å². The lowest BCUT2D eigenvalue weighted by molar-refractivity contribution is -0.170. The highest BCUT2D eigenvalue weighted by Gasteiger charge is 2.40. The molecule has 0 aromatic heterocycles. The number of nitrogens with zero attached hydrogens (tertiary/aromatic N) is 2. The van der Waals surface area contributed by atoms with E-state index in [4.69, 9.17) is 15.3 Å². The van der Waals surface area contributed by atoms with E-state index in [-0.39, 0.29) is 12.0 Å². The minimum atomic E-state index is -0.648. The van der Waals surface area contributed by atoms with E-state index >= 15 is 0 Å². The first kappa shape index (κ1) is 21.2. The molecule has 2 heterocycles. The Balaban J connectivity index is 1.81. The summed E-state index contributed by atoms with van der Waals surface area (Å²) in [5.41, 5.74) is 10.9. The molecule has 0 spiro atoms. The second kappa shape index (κ2) is 8.91. The van der Waals surface area contributed by atoms with E-state index in [1.165, 1.54) is 16.7 Å². The van der Waals surface area contributed by atoms with Gasteiger partial charge in [0.05, 0.1) is 25.3 Å². The Morgan fingerprint density at radius 1 is 1.29 bits per heavy atom. The fraction of sp³-hybridized carbons (Fsp3) is 0.682. The van der Waals surface area contributed by atoms with Crippen LogP contribution in [0.1, 0.15) is 47.9 Å². The summed E-state index contributed by atoms with van der Waals surface area (Å²) in [5, 5.41) is 1.91. The Morgan fingerprint density at radius 3 is 2.46 bits per heavy atom. The molecule has 2 aliphatic rings. The summed E-state index contributed by atoms with van der Waals surface area (Å²) >= 11 is 0. The van der Waals surface area contributed by atoms with Crippen LogP contribution in [0.3, 0.4) is 0 Å². The molecule has 0 bridgehead atoms. The zero-order chi connectivity index (χ0) is 20.3. The van der Waals surface area contributed by atoms with Crippen LogP contribution in [0.5, 0.6) is 0 Å². The number of amides is 1. The first-order chi connectivity index (χ1) is 13.3. The number of hydrogen-bond donors (Lipinski definition) is 1. The molecule has 0 aliphatic carbocycles. The topological polar surface area (TPSA) is 68.0 Å². The van der Waals surface area contributed by atoms with Crippen molar-refractivity contribution in [2.24, 2.45) is 5.73 Å². The van der Waals surface area contributed by atoms with Gasteiger partial charge >= 0.3 is 0 Å². The normalized spacial score (nSPS) is 22.4. The van der Waals surface area contributed by atoms with Gasteiger partial charge in [-0.3, -0.25) is 4.79 Å². The van der Waals surface area contributed by atoms with Gasteiger partial charge in [0.2, 0.25) is 5.91 Å². The number of benzene rings is 1. The summed E-state index contributed by atoms with van der Waals surface area (Å²) in [6, 6.07) is 4.30. The lowest BCUT2D eigenvalue weighted by Crippen LogP contribution is -2.64. The van der Waals surface area contributed by atoms with Gasteiger partial charge in [-0.25, -0.2) is 0 Å². The molecule has 2 N–H and O–H groups in total. The van der Waals surface area contributed by atoms with E-state index in [1.807, 2.05) is 9.96 Å². The van der Waals surface area contributed by atoms with Crippen molar-refractivity contribution in [2.75, 3.05) is 33.4 Å². The van der Waals surface area contributed by atoms with Crippen LogP contribution in [0.2, 0.25) is 0 Å².